The summed E-state index contributed by atoms with van der Waals surface area (Å²) in [6.45, 7) is 4.61. The van der Waals surface area contributed by atoms with Crippen molar-refractivity contribution in [1.29, 1.82) is 0 Å². The third-order valence-electron chi connectivity index (χ3n) is 7.58. The molecule has 1 aliphatic carbocycles. The van der Waals surface area contributed by atoms with Gasteiger partial charge >= 0.3 is 0 Å². The van der Waals surface area contributed by atoms with E-state index in [4.69, 9.17) is 0 Å². The van der Waals surface area contributed by atoms with Gasteiger partial charge in [-0.15, -0.1) is 0 Å². The van der Waals surface area contributed by atoms with Gasteiger partial charge in [-0.2, -0.15) is 0 Å². The summed E-state index contributed by atoms with van der Waals surface area (Å²) in [6.07, 6.45) is 11.0. The lowest BCUT2D eigenvalue weighted by Crippen LogP contribution is -2.53. The number of nitrogens with zero attached hydrogens (tertiary/aromatic N) is 2. The molecule has 2 aliphatic rings. The van der Waals surface area contributed by atoms with E-state index in [1.54, 1.807) is 30.6 Å². The third-order valence-corrected chi connectivity index (χ3v) is 7.58. The molecule has 0 radical (unpaired) electrons. The lowest BCUT2D eigenvalue weighted by Gasteiger charge is -2.40. The molecule has 1 aromatic heterocycles. The average Bonchev–Trinajstić information content (AvgIpc) is 2.88. The lowest BCUT2D eigenvalue weighted by molar-refractivity contribution is -0.126. The summed E-state index contributed by atoms with van der Waals surface area (Å²) in [5.41, 5.74) is 1.13. The van der Waals surface area contributed by atoms with Gasteiger partial charge in [0.25, 0.3) is 5.91 Å². The number of aromatic nitrogens is 1. The zero-order valence-electron chi connectivity index (χ0n) is 20.6. The summed E-state index contributed by atoms with van der Waals surface area (Å²) in [6, 6.07) is 9.91. The van der Waals surface area contributed by atoms with Crippen LogP contribution in [0.4, 0.5) is 4.39 Å². The molecule has 2 heterocycles. The number of hydrogen-bond donors (Lipinski definition) is 2. The molecule has 2 fully saturated rings. The van der Waals surface area contributed by atoms with Crippen molar-refractivity contribution in [3.05, 3.63) is 65.7 Å². The monoisotopic (exact) mass is 480 g/mol. The van der Waals surface area contributed by atoms with Gasteiger partial charge in [0.05, 0.1) is 11.6 Å². The molecule has 4 rings (SSSR count). The number of halogens is 1. The first kappa shape index (κ1) is 25.3. The van der Waals surface area contributed by atoms with Gasteiger partial charge in [-0.3, -0.25) is 14.6 Å². The van der Waals surface area contributed by atoms with Gasteiger partial charge in [0.1, 0.15) is 5.82 Å². The SMILES string of the molecule is CC1(NC(=O)c2cccnc2)CCN(CC[C@H](NC(=O)C2CCCCC2)c2cccc(F)c2)CC1. The van der Waals surface area contributed by atoms with Crippen molar-refractivity contribution in [3.63, 3.8) is 0 Å². The van der Waals surface area contributed by atoms with Gasteiger partial charge in [0.2, 0.25) is 5.91 Å². The van der Waals surface area contributed by atoms with E-state index in [2.05, 4.69) is 27.4 Å². The van der Waals surface area contributed by atoms with Gasteiger partial charge in [0, 0.05) is 43.5 Å². The van der Waals surface area contributed by atoms with Crippen LogP contribution in [0.2, 0.25) is 0 Å². The summed E-state index contributed by atoms with van der Waals surface area (Å²) in [7, 11) is 0. The maximum absolute atomic E-state index is 14.0. The number of piperidine rings is 1. The standard InChI is InChI=1S/C28H37FN4O2/c1-28(32-27(35)23-10-6-15-30-20-23)13-17-33(18-14-28)16-12-25(22-9-5-11-24(29)19-22)31-26(34)21-7-3-2-4-8-21/h5-6,9-11,15,19-21,25H,2-4,7-8,12-14,16-18H2,1H3,(H,31,34)(H,32,35)/t25-/m0/s1. The van der Waals surface area contributed by atoms with Crippen LogP contribution in [0.5, 0.6) is 0 Å². The van der Waals surface area contributed by atoms with E-state index >= 15 is 0 Å². The van der Waals surface area contributed by atoms with E-state index in [9.17, 15) is 14.0 Å². The fraction of sp³-hybridized carbons (Fsp3) is 0.536. The van der Waals surface area contributed by atoms with Gasteiger partial charge in [-0.05, 0) is 68.9 Å². The van der Waals surface area contributed by atoms with Gasteiger partial charge < -0.3 is 15.5 Å². The minimum absolute atomic E-state index is 0.0685. The van der Waals surface area contributed by atoms with Crippen molar-refractivity contribution in [3.8, 4) is 0 Å². The fourth-order valence-corrected chi connectivity index (χ4v) is 5.25. The molecule has 0 spiro atoms. The maximum Gasteiger partial charge on any atom is 0.253 e. The summed E-state index contributed by atoms with van der Waals surface area (Å²) in [5.74, 6) is -0.203. The van der Waals surface area contributed by atoms with Crippen LogP contribution < -0.4 is 10.6 Å². The maximum atomic E-state index is 14.0. The molecular formula is C28H37FN4O2. The molecule has 2 N–H and O–H groups in total. The predicted molar refractivity (Wildman–Crippen MR) is 134 cm³/mol. The molecule has 2 aromatic rings. The average molecular weight is 481 g/mol. The van der Waals surface area contributed by atoms with Gasteiger partial charge in [-0.25, -0.2) is 4.39 Å². The Kier molecular flexibility index (Phi) is 8.50. The normalized spacial score (nSPS) is 19.6. The number of hydrogen-bond acceptors (Lipinski definition) is 4. The van der Waals surface area contributed by atoms with Crippen LogP contribution in [0.15, 0.2) is 48.8 Å². The van der Waals surface area contributed by atoms with Gasteiger partial charge in [0.15, 0.2) is 0 Å². The molecule has 0 bridgehead atoms. The smallest absolute Gasteiger partial charge is 0.253 e. The van der Waals surface area contributed by atoms with E-state index in [1.165, 1.54) is 18.6 Å². The molecule has 35 heavy (non-hydrogen) atoms. The molecule has 1 aromatic carbocycles. The predicted octanol–water partition coefficient (Wildman–Crippen LogP) is 4.63. The van der Waals surface area contributed by atoms with Crippen LogP contribution in [0, 0.1) is 11.7 Å². The Morgan fingerprint density at radius 2 is 1.91 bits per heavy atom. The Balaban J connectivity index is 1.32. The zero-order valence-corrected chi connectivity index (χ0v) is 20.6. The van der Waals surface area contributed by atoms with Crippen molar-refractivity contribution < 1.29 is 14.0 Å². The molecule has 1 saturated heterocycles. The lowest BCUT2D eigenvalue weighted by atomic mass is 9.88. The molecule has 1 aliphatic heterocycles. The highest BCUT2D eigenvalue weighted by Gasteiger charge is 2.32. The number of rotatable bonds is 8. The fourth-order valence-electron chi connectivity index (χ4n) is 5.25. The second kappa shape index (κ2) is 11.8. The second-order valence-electron chi connectivity index (χ2n) is 10.3. The van der Waals surface area contributed by atoms with Crippen LogP contribution >= 0.6 is 0 Å². The van der Waals surface area contributed by atoms with E-state index in [-0.39, 0.29) is 35.1 Å². The summed E-state index contributed by atoms with van der Waals surface area (Å²) >= 11 is 0. The Bertz CT molecular complexity index is 985. The van der Waals surface area contributed by atoms with Crippen LogP contribution in [0.3, 0.4) is 0 Å². The first-order chi connectivity index (χ1) is 16.9. The molecule has 2 amide bonds. The number of amides is 2. The van der Waals surface area contributed by atoms with E-state index < -0.39 is 0 Å². The minimum Gasteiger partial charge on any atom is -0.349 e. The quantitative estimate of drug-likeness (QED) is 0.578. The Morgan fingerprint density at radius 1 is 1.14 bits per heavy atom. The summed E-state index contributed by atoms with van der Waals surface area (Å²) in [4.78, 5) is 32.0. The Hall–Kier alpha value is -2.80. The van der Waals surface area contributed by atoms with Crippen molar-refractivity contribution >= 4 is 11.8 Å². The number of carbonyl (C=O) groups is 2. The highest BCUT2D eigenvalue weighted by Crippen LogP contribution is 2.27. The summed E-state index contributed by atoms with van der Waals surface area (Å²) < 4.78 is 14.0. The van der Waals surface area contributed by atoms with Crippen molar-refractivity contribution in [2.75, 3.05) is 19.6 Å². The highest BCUT2D eigenvalue weighted by atomic mass is 19.1. The Morgan fingerprint density at radius 3 is 2.60 bits per heavy atom. The molecule has 1 atom stereocenters. The van der Waals surface area contributed by atoms with E-state index in [0.717, 1.165) is 70.1 Å². The molecule has 7 heteroatoms. The highest BCUT2D eigenvalue weighted by molar-refractivity contribution is 5.94. The molecule has 6 nitrogen and oxygen atoms in total. The largest absolute Gasteiger partial charge is 0.349 e. The molecule has 0 unspecified atom stereocenters. The second-order valence-corrected chi connectivity index (χ2v) is 10.3. The first-order valence-electron chi connectivity index (χ1n) is 12.9. The molecule has 188 valence electrons. The van der Waals surface area contributed by atoms with E-state index in [0.29, 0.717) is 5.56 Å². The van der Waals surface area contributed by atoms with Gasteiger partial charge in [-0.1, -0.05) is 31.4 Å². The Labute approximate surface area is 207 Å². The molecule has 1 saturated carbocycles. The topological polar surface area (TPSA) is 74.3 Å². The van der Waals surface area contributed by atoms with Crippen molar-refractivity contribution in [2.45, 2.75) is 69.9 Å². The van der Waals surface area contributed by atoms with Crippen LogP contribution in [0.25, 0.3) is 0 Å². The zero-order chi connectivity index (χ0) is 24.7. The summed E-state index contributed by atoms with van der Waals surface area (Å²) in [5, 5.41) is 6.42. The van der Waals surface area contributed by atoms with Crippen LogP contribution in [-0.4, -0.2) is 46.9 Å². The number of benzene rings is 1. The molecular weight excluding hydrogens is 443 g/mol. The number of nitrogens with one attached hydrogen (secondary N) is 2. The van der Waals surface area contributed by atoms with Crippen LogP contribution in [0.1, 0.15) is 80.3 Å². The number of carbonyl (C=O) groups excluding carboxylic acids is 2. The minimum atomic E-state index is -0.280. The van der Waals surface area contributed by atoms with Crippen LogP contribution in [-0.2, 0) is 4.79 Å². The number of pyridine rings is 1. The van der Waals surface area contributed by atoms with Crippen molar-refractivity contribution in [2.24, 2.45) is 5.92 Å². The first-order valence-corrected chi connectivity index (χ1v) is 12.9. The number of likely N-dealkylation sites (tertiary alicyclic amines) is 1. The van der Waals surface area contributed by atoms with Crippen molar-refractivity contribution in [1.82, 2.24) is 20.5 Å². The third kappa shape index (κ3) is 7.10. The van der Waals surface area contributed by atoms with E-state index in [1.807, 2.05) is 6.07 Å².